The summed E-state index contributed by atoms with van der Waals surface area (Å²) in [7, 11) is 0. The van der Waals surface area contributed by atoms with Crippen LogP contribution in [0.5, 0.6) is 0 Å². The predicted octanol–water partition coefficient (Wildman–Crippen LogP) is 4.44. The molecule has 1 aromatic carbocycles. The van der Waals surface area contributed by atoms with Crippen LogP contribution in [0.3, 0.4) is 0 Å². The fraction of sp³-hybridized carbons (Fsp3) is 0.500. The zero-order valence-corrected chi connectivity index (χ0v) is 18.7. The summed E-state index contributed by atoms with van der Waals surface area (Å²) in [6.07, 6.45) is 0. The van der Waals surface area contributed by atoms with Crippen LogP contribution in [0.15, 0.2) is 18.2 Å². The van der Waals surface area contributed by atoms with Gasteiger partial charge in [0.2, 0.25) is 5.91 Å². The first-order valence-electron chi connectivity index (χ1n) is 9.41. The predicted molar refractivity (Wildman–Crippen MR) is 114 cm³/mol. The number of piperazine rings is 1. The van der Waals surface area contributed by atoms with Crippen LogP contribution < -0.4 is 0 Å². The van der Waals surface area contributed by atoms with E-state index in [1.807, 2.05) is 42.5 Å². The minimum Gasteiger partial charge on any atom is -0.340 e. The molecule has 5 nitrogen and oxygen atoms in total. The van der Waals surface area contributed by atoms with E-state index in [0.717, 1.165) is 36.6 Å². The average molecular weight is 444 g/mol. The molecule has 0 radical (unpaired) electrons. The Labute approximate surface area is 181 Å². The summed E-state index contributed by atoms with van der Waals surface area (Å²) in [5.74, 6) is 0.0131. The average Bonchev–Trinajstić information content (AvgIpc) is 2.90. The Bertz CT molecular complexity index is 859. The molecule has 1 aliphatic rings. The van der Waals surface area contributed by atoms with Crippen LogP contribution in [0.2, 0.25) is 15.1 Å². The molecular weight excluding hydrogens is 419 g/mol. The quantitative estimate of drug-likeness (QED) is 0.686. The first-order chi connectivity index (χ1) is 13.3. The molecule has 1 amide bonds. The monoisotopic (exact) mass is 442 g/mol. The van der Waals surface area contributed by atoms with E-state index < -0.39 is 0 Å². The molecule has 1 atom stereocenters. The van der Waals surface area contributed by atoms with Crippen LogP contribution in [0.1, 0.15) is 23.9 Å². The van der Waals surface area contributed by atoms with Gasteiger partial charge in [0, 0.05) is 42.8 Å². The van der Waals surface area contributed by atoms with Crippen LogP contribution in [-0.2, 0) is 17.9 Å². The number of aromatic nitrogens is 2. The van der Waals surface area contributed by atoms with Crippen LogP contribution in [0.4, 0.5) is 0 Å². The smallest absolute Gasteiger partial charge is 0.227 e. The molecule has 1 fully saturated rings. The number of nitrogens with zero attached hydrogens (tertiary/aromatic N) is 4. The lowest BCUT2D eigenvalue weighted by atomic mass is 10.1. The van der Waals surface area contributed by atoms with Crippen molar-refractivity contribution in [2.75, 3.05) is 26.2 Å². The molecule has 2 heterocycles. The minimum absolute atomic E-state index is 0.147. The van der Waals surface area contributed by atoms with E-state index >= 15 is 0 Å². The zero-order valence-electron chi connectivity index (χ0n) is 16.4. The number of benzene rings is 1. The summed E-state index contributed by atoms with van der Waals surface area (Å²) in [6, 6.07) is 5.59. The van der Waals surface area contributed by atoms with Gasteiger partial charge in [-0.15, -0.1) is 0 Å². The van der Waals surface area contributed by atoms with Gasteiger partial charge in [-0.1, -0.05) is 47.8 Å². The van der Waals surface area contributed by atoms with Gasteiger partial charge in [-0.3, -0.25) is 14.4 Å². The maximum atomic E-state index is 12.9. The molecule has 152 valence electrons. The second-order valence-corrected chi connectivity index (χ2v) is 8.63. The Balaban J connectivity index is 1.53. The summed E-state index contributed by atoms with van der Waals surface area (Å²) in [5.41, 5.74) is 2.76. The number of amides is 1. The van der Waals surface area contributed by atoms with Crippen molar-refractivity contribution in [3.05, 3.63) is 50.2 Å². The van der Waals surface area contributed by atoms with Crippen molar-refractivity contribution >= 4 is 40.7 Å². The van der Waals surface area contributed by atoms with E-state index in [1.165, 1.54) is 0 Å². The molecule has 3 rings (SSSR count). The Hall–Kier alpha value is -1.27. The van der Waals surface area contributed by atoms with E-state index in [0.29, 0.717) is 34.7 Å². The molecule has 0 bridgehead atoms. The number of halogens is 3. The molecule has 0 spiro atoms. The minimum atomic E-state index is -0.147. The summed E-state index contributed by atoms with van der Waals surface area (Å²) < 4.78 is 1.83. The van der Waals surface area contributed by atoms with Gasteiger partial charge in [-0.05, 0) is 31.5 Å². The highest BCUT2D eigenvalue weighted by Crippen LogP contribution is 2.23. The van der Waals surface area contributed by atoms with Crippen molar-refractivity contribution in [2.24, 2.45) is 5.92 Å². The highest BCUT2D eigenvalue weighted by atomic mass is 35.5. The SMILES string of the molecule is Cc1nn(CC(C)C(=O)N2CCN(Cc3ccc(Cl)cc3Cl)CC2)c(C)c1Cl. The van der Waals surface area contributed by atoms with Crippen molar-refractivity contribution in [3.63, 3.8) is 0 Å². The maximum Gasteiger partial charge on any atom is 0.227 e. The van der Waals surface area contributed by atoms with E-state index in [2.05, 4.69) is 10.00 Å². The van der Waals surface area contributed by atoms with Crippen LogP contribution >= 0.6 is 34.8 Å². The third-order valence-electron chi connectivity index (χ3n) is 5.25. The van der Waals surface area contributed by atoms with Crippen LogP contribution in [-0.4, -0.2) is 51.7 Å². The number of aryl methyl sites for hydroxylation is 1. The number of rotatable bonds is 5. The molecule has 2 aromatic rings. The molecule has 1 aliphatic heterocycles. The number of hydrogen-bond donors (Lipinski definition) is 0. The topological polar surface area (TPSA) is 41.4 Å². The van der Waals surface area contributed by atoms with Crippen molar-refractivity contribution in [1.29, 1.82) is 0 Å². The van der Waals surface area contributed by atoms with Gasteiger partial charge in [0.05, 0.1) is 28.9 Å². The molecule has 8 heteroatoms. The number of carbonyl (C=O) groups is 1. The second kappa shape index (κ2) is 9.04. The Morgan fingerprint density at radius 2 is 1.82 bits per heavy atom. The molecule has 0 saturated carbocycles. The highest BCUT2D eigenvalue weighted by molar-refractivity contribution is 6.35. The van der Waals surface area contributed by atoms with Crippen molar-refractivity contribution in [1.82, 2.24) is 19.6 Å². The molecule has 1 aromatic heterocycles. The van der Waals surface area contributed by atoms with E-state index in [9.17, 15) is 4.79 Å². The highest BCUT2D eigenvalue weighted by Gasteiger charge is 2.26. The van der Waals surface area contributed by atoms with E-state index in [1.54, 1.807) is 6.07 Å². The first kappa shape index (κ1) is 21.4. The van der Waals surface area contributed by atoms with Gasteiger partial charge < -0.3 is 4.90 Å². The third-order valence-corrected chi connectivity index (χ3v) is 6.39. The van der Waals surface area contributed by atoms with Gasteiger partial charge >= 0.3 is 0 Å². The van der Waals surface area contributed by atoms with Gasteiger partial charge in [0.15, 0.2) is 0 Å². The Morgan fingerprint density at radius 1 is 1.14 bits per heavy atom. The van der Waals surface area contributed by atoms with E-state index in [4.69, 9.17) is 34.8 Å². The van der Waals surface area contributed by atoms with E-state index in [-0.39, 0.29) is 11.8 Å². The standard InChI is InChI=1S/C20H25Cl3N4O/c1-13(11-27-15(3)19(23)14(2)24-27)20(28)26-8-6-25(7-9-26)12-16-4-5-17(21)10-18(16)22/h4-5,10,13H,6-9,11-12H2,1-3H3. The van der Waals surface area contributed by atoms with Crippen molar-refractivity contribution in [2.45, 2.75) is 33.9 Å². The van der Waals surface area contributed by atoms with Gasteiger partial charge in [-0.2, -0.15) is 5.10 Å². The van der Waals surface area contributed by atoms with Crippen molar-refractivity contribution in [3.8, 4) is 0 Å². The van der Waals surface area contributed by atoms with Crippen LogP contribution in [0.25, 0.3) is 0 Å². The number of carbonyl (C=O) groups excluding carboxylic acids is 1. The fourth-order valence-corrected chi connectivity index (χ4v) is 4.12. The molecule has 28 heavy (non-hydrogen) atoms. The molecule has 1 unspecified atom stereocenters. The lowest BCUT2D eigenvalue weighted by molar-refractivity contribution is -0.137. The summed E-state index contributed by atoms with van der Waals surface area (Å²) in [4.78, 5) is 17.1. The normalized spacial score (nSPS) is 16.4. The molecular formula is C20H25Cl3N4O. The molecule has 0 N–H and O–H groups in total. The Kier molecular flexibility index (Phi) is 6.92. The Morgan fingerprint density at radius 3 is 2.39 bits per heavy atom. The third kappa shape index (κ3) is 4.82. The maximum absolute atomic E-state index is 12.9. The second-order valence-electron chi connectivity index (χ2n) is 7.41. The first-order valence-corrected chi connectivity index (χ1v) is 10.5. The van der Waals surface area contributed by atoms with Crippen LogP contribution in [0, 0.1) is 19.8 Å². The van der Waals surface area contributed by atoms with Gasteiger partial charge in [0.25, 0.3) is 0 Å². The molecule has 1 saturated heterocycles. The summed E-state index contributed by atoms with van der Waals surface area (Å²) >= 11 is 18.5. The lowest BCUT2D eigenvalue weighted by Gasteiger charge is -2.36. The van der Waals surface area contributed by atoms with Crippen molar-refractivity contribution < 1.29 is 4.79 Å². The van der Waals surface area contributed by atoms with Gasteiger partial charge in [-0.25, -0.2) is 0 Å². The summed E-state index contributed by atoms with van der Waals surface area (Å²) in [6.45, 7) is 10.1. The van der Waals surface area contributed by atoms with Gasteiger partial charge in [0.1, 0.15) is 0 Å². The number of hydrogen-bond acceptors (Lipinski definition) is 3. The zero-order chi connectivity index (χ0) is 20.4. The fourth-order valence-electron chi connectivity index (χ4n) is 3.52. The lowest BCUT2D eigenvalue weighted by Crippen LogP contribution is -2.50. The summed E-state index contributed by atoms with van der Waals surface area (Å²) in [5, 5.41) is 6.43. The molecule has 0 aliphatic carbocycles. The largest absolute Gasteiger partial charge is 0.340 e.